The third-order valence-electron chi connectivity index (χ3n) is 4.08. The highest BCUT2D eigenvalue weighted by Gasteiger charge is 2.38. The average molecular weight is 331 g/mol. The number of aromatic nitrogens is 3. The van der Waals surface area contributed by atoms with Gasteiger partial charge in [-0.05, 0) is 26.3 Å². The molecule has 1 N–H and O–H groups in total. The SMILES string of the molecule is CCN(CC)C(=O)[C@H]1Sc2nnc(C)n2N[C@H]1c1ccccc1. The molecule has 1 aromatic carbocycles. The summed E-state index contributed by atoms with van der Waals surface area (Å²) in [7, 11) is 0. The van der Waals surface area contributed by atoms with Gasteiger partial charge in [-0.2, -0.15) is 0 Å². The predicted octanol–water partition coefficient (Wildman–Crippen LogP) is 2.21. The summed E-state index contributed by atoms with van der Waals surface area (Å²) in [4.78, 5) is 14.8. The normalized spacial score (nSPS) is 19.8. The van der Waals surface area contributed by atoms with Crippen LogP contribution in [0.15, 0.2) is 35.5 Å². The Labute approximate surface area is 140 Å². The van der Waals surface area contributed by atoms with Crippen molar-refractivity contribution in [3.05, 3.63) is 41.7 Å². The molecule has 0 spiro atoms. The summed E-state index contributed by atoms with van der Waals surface area (Å²) < 4.78 is 1.87. The Bertz CT molecular complexity index is 683. The Morgan fingerprint density at radius 1 is 1.26 bits per heavy atom. The lowest BCUT2D eigenvalue weighted by Crippen LogP contribution is -2.46. The van der Waals surface area contributed by atoms with Crippen molar-refractivity contribution in [2.75, 3.05) is 18.5 Å². The number of aryl methyl sites for hydroxylation is 1. The number of hydrogen-bond donors (Lipinski definition) is 1. The zero-order valence-corrected chi connectivity index (χ0v) is 14.4. The molecular weight excluding hydrogens is 310 g/mol. The fourth-order valence-corrected chi connectivity index (χ4v) is 3.98. The van der Waals surface area contributed by atoms with Crippen LogP contribution in [0, 0.1) is 6.92 Å². The summed E-state index contributed by atoms with van der Waals surface area (Å²) in [5, 5.41) is 8.76. The van der Waals surface area contributed by atoms with Crippen LogP contribution >= 0.6 is 11.8 Å². The Kier molecular flexibility index (Phi) is 4.56. The van der Waals surface area contributed by atoms with E-state index in [4.69, 9.17) is 0 Å². The molecule has 23 heavy (non-hydrogen) atoms. The van der Waals surface area contributed by atoms with Crippen molar-refractivity contribution in [3.63, 3.8) is 0 Å². The maximum atomic E-state index is 13.0. The van der Waals surface area contributed by atoms with Crippen molar-refractivity contribution in [1.82, 2.24) is 19.8 Å². The van der Waals surface area contributed by atoms with E-state index in [9.17, 15) is 4.79 Å². The number of carbonyl (C=O) groups excluding carboxylic acids is 1. The van der Waals surface area contributed by atoms with Gasteiger partial charge in [0.15, 0.2) is 0 Å². The van der Waals surface area contributed by atoms with E-state index in [1.807, 2.05) is 60.7 Å². The Hall–Kier alpha value is -2.02. The van der Waals surface area contributed by atoms with Gasteiger partial charge in [-0.25, -0.2) is 4.68 Å². The molecule has 0 saturated carbocycles. The van der Waals surface area contributed by atoms with Crippen LogP contribution in [-0.2, 0) is 4.79 Å². The van der Waals surface area contributed by atoms with Gasteiger partial charge in [0.2, 0.25) is 11.1 Å². The molecule has 2 heterocycles. The van der Waals surface area contributed by atoms with Crippen LogP contribution in [0.4, 0.5) is 0 Å². The third-order valence-corrected chi connectivity index (χ3v) is 5.28. The van der Waals surface area contributed by atoms with E-state index in [1.54, 1.807) is 0 Å². The molecule has 1 aliphatic rings. The second-order valence-corrected chi connectivity index (χ2v) is 6.54. The molecule has 0 bridgehead atoms. The lowest BCUT2D eigenvalue weighted by atomic mass is 10.0. The Balaban J connectivity index is 1.99. The molecule has 0 fully saturated rings. The van der Waals surface area contributed by atoms with Crippen molar-refractivity contribution in [2.45, 2.75) is 37.2 Å². The van der Waals surface area contributed by atoms with Gasteiger partial charge in [-0.1, -0.05) is 42.1 Å². The fourth-order valence-electron chi connectivity index (χ4n) is 2.77. The summed E-state index contributed by atoms with van der Waals surface area (Å²) >= 11 is 1.48. The topological polar surface area (TPSA) is 63.1 Å². The lowest BCUT2D eigenvalue weighted by Gasteiger charge is -2.35. The van der Waals surface area contributed by atoms with E-state index in [1.165, 1.54) is 11.8 Å². The van der Waals surface area contributed by atoms with E-state index in [-0.39, 0.29) is 17.2 Å². The van der Waals surface area contributed by atoms with Crippen LogP contribution in [0.1, 0.15) is 31.3 Å². The van der Waals surface area contributed by atoms with Crippen LogP contribution < -0.4 is 5.43 Å². The van der Waals surface area contributed by atoms with Crippen molar-refractivity contribution >= 4 is 17.7 Å². The minimum Gasteiger partial charge on any atom is -0.342 e. The standard InChI is InChI=1S/C16H21N5OS/c1-4-20(5-2)15(22)14-13(12-9-7-6-8-10-12)19-21-11(3)17-18-16(21)23-14/h6-10,13-14,19H,4-5H2,1-3H3/t13-,14-/m0/s1. The van der Waals surface area contributed by atoms with Gasteiger partial charge in [-0.15, -0.1) is 10.2 Å². The molecule has 6 nitrogen and oxygen atoms in total. The summed E-state index contributed by atoms with van der Waals surface area (Å²) in [6, 6.07) is 9.95. The number of fused-ring (bicyclic) bond motifs is 1. The lowest BCUT2D eigenvalue weighted by molar-refractivity contribution is -0.130. The Morgan fingerprint density at radius 2 is 1.96 bits per heavy atom. The van der Waals surface area contributed by atoms with Crippen LogP contribution in [0.2, 0.25) is 0 Å². The van der Waals surface area contributed by atoms with Crippen molar-refractivity contribution in [2.24, 2.45) is 0 Å². The van der Waals surface area contributed by atoms with Gasteiger partial charge >= 0.3 is 0 Å². The first-order valence-electron chi connectivity index (χ1n) is 7.84. The molecular formula is C16H21N5OS. The minimum atomic E-state index is -0.256. The third kappa shape index (κ3) is 2.93. The van der Waals surface area contributed by atoms with Gasteiger partial charge in [0.05, 0.1) is 6.04 Å². The molecule has 1 aromatic heterocycles. The van der Waals surface area contributed by atoms with E-state index in [0.29, 0.717) is 13.1 Å². The highest BCUT2D eigenvalue weighted by molar-refractivity contribution is 8.00. The van der Waals surface area contributed by atoms with Gasteiger partial charge in [0, 0.05) is 13.1 Å². The largest absolute Gasteiger partial charge is 0.342 e. The fraction of sp³-hybridized carbons (Fsp3) is 0.438. The van der Waals surface area contributed by atoms with Crippen LogP contribution in [0.3, 0.4) is 0 Å². The quantitative estimate of drug-likeness (QED) is 0.931. The second kappa shape index (κ2) is 6.62. The summed E-state index contributed by atoms with van der Waals surface area (Å²) in [5.74, 6) is 0.926. The second-order valence-electron chi connectivity index (χ2n) is 5.43. The number of carbonyl (C=O) groups is 1. The Morgan fingerprint density at radius 3 is 2.61 bits per heavy atom. The van der Waals surface area contributed by atoms with E-state index < -0.39 is 0 Å². The van der Waals surface area contributed by atoms with Gasteiger partial charge < -0.3 is 10.3 Å². The zero-order valence-electron chi connectivity index (χ0n) is 13.6. The summed E-state index contributed by atoms with van der Waals surface area (Å²) in [6.07, 6.45) is 0. The number of benzene rings is 1. The number of amides is 1. The van der Waals surface area contributed by atoms with Gasteiger partial charge in [0.25, 0.3) is 0 Å². The molecule has 1 aliphatic heterocycles. The smallest absolute Gasteiger partial charge is 0.238 e. The summed E-state index contributed by atoms with van der Waals surface area (Å²) in [5.41, 5.74) is 4.51. The first-order valence-corrected chi connectivity index (χ1v) is 8.72. The van der Waals surface area contributed by atoms with Crippen molar-refractivity contribution in [3.8, 4) is 0 Å². The molecule has 0 saturated heterocycles. The number of rotatable bonds is 4. The zero-order chi connectivity index (χ0) is 16.4. The van der Waals surface area contributed by atoms with E-state index in [2.05, 4.69) is 15.6 Å². The predicted molar refractivity (Wildman–Crippen MR) is 90.9 cm³/mol. The van der Waals surface area contributed by atoms with E-state index >= 15 is 0 Å². The molecule has 0 radical (unpaired) electrons. The monoisotopic (exact) mass is 331 g/mol. The minimum absolute atomic E-state index is 0.114. The maximum absolute atomic E-state index is 13.0. The number of thioether (sulfide) groups is 1. The highest BCUT2D eigenvalue weighted by atomic mass is 32.2. The maximum Gasteiger partial charge on any atom is 0.238 e. The number of nitrogens with zero attached hydrogens (tertiary/aromatic N) is 4. The molecule has 0 aliphatic carbocycles. The number of nitrogens with one attached hydrogen (secondary N) is 1. The first kappa shape index (κ1) is 15.9. The van der Waals surface area contributed by atoms with E-state index in [0.717, 1.165) is 16.5 Å². The molecule has 2 atom stereocenters. The molecule has 0 unspecified atom stereocenters. The van der Waals surface area contributed by atoms with Crippen molar-refractivity contribution in [1.29, 1.82) is 0 Å². The number of hydrogen-bond acceptors (Lipinski definition) is 5. The van der Waals surface area contributed by atoms with Gasteiger partial charge in [0.1, 0.15) is 11.1 Å². The van der Waals surface area contributed by atoms with Gasteiger partial charge in [-0.3, -0.25) is 4.79 Å². The molecule has 7 heteroatoms. The first-order chi connectivity index (χ1) is 11.2. The van der Waals surface area contributed by atoms with Crippen molar-refractivity contribution < 1.29 is 4.79 Å². The van der Waals surface area contributed by atoms with Crippen LogP contribution in [0.5, 0.6) is 0 Å². The average Bonchev–Trinajstić information content (AvgIpc) is 2.96. The molecule has 3 rings (SSSR count). The molecule has 1 amide bonds. The molecule has 122 valence electrons. The molecule has 2 aromatic rings. The van der Waals surface area contributed by atoms with Crippen LogP contribution in [-0.4, -0.2) is 44.0 Å². The summed E-state index contributed by atoms with van der Waals surface area (Å²) in [6.45, 7) is 7.33. The highest BCUT2D eigenvalue weighted by Crippen LogP contribution is 2.37. The van der Waals surface area contributed by atoms with Crippen LogP contribution in [0.25, 0.3) is 0 Å².